The maximum absolute atomic E-state index is 12.0. The van der Waals surface area contributed by atoms with E-state index in [0.29, 0.717) is 25.2 Å². The molecule has 100 valence electrons. The highest BCUT2D eigenvalue weighted by Crippen LogP contribution is 2.25. The average Bonchev–Trinajstić information content (AvgIpc) is 3.08. The number of imidazole rings is 1. The fourth-order valence-electron chi connectivity index (χ4n) is 1.87. The molecule has 1 aromatic heterocycles. The summed E-state index contributed by atoms with van der Waals surface area (Å²) < 4.78 is 1.93. The Morgan fingerprint density at radius 3 is 2.94 bits per heavy atom. The second kappa shape index (κ2) is 5.52. The second-order valence-electron chi connectivity index (χ2n) is 5.24. The molecule has 1 amide bonds. The molecular formula is C13H22N4O. The minimum absolute atomic E-state index is 0.168. The summed E-state index contributed by atoms with van der Waals surface area (Å²) in [6, 6.07) is 0.887. The number of likely N-dealkylation sites (N-methyl/N-ethyl adjacent to an activating group) is 1. The van der Waals surface area contributed by atoms with E-state index in [4.69, 9.17) is 0 Å². The minimum Gasteiger partial charge on any atom is -0.341 e. The van der Waals surface area contributed by atoms with E-state index < -0.39 is 0 Å². The molecule has 1 saturated carbocycles. The molecule has 1 N–H and O–H groups in total. The zero-order valence-corrected chi connectivity index (χ0v) is 11.4. The lowest BCUT2D eigenvalue weighted by Crippen LogP contribution is -2.33. The van der Waals surface area contributed by atoms with Gasteiger partial charge in [0.1, 0.15) is 12.4 Å². The Bertz CT molecular complexity index is 409. The molecule has 0 bridgehead atoms. The summed E-state index contributed by atoms with van der Waals surface area (Å²) in [4.78, 5) is 18.2. The summed E-state index contributed by atoms with van der Waals surface area (Å²) in [6.45, 7) is 5.28. The molecule has 0 saturated heterocycles. The highest BCUT2D eigenvalue weighted by atomic mass is 16.2. The number of rotatable bonds is 6. The van der Waals surface area contributed by atoms with E-state index in [9.17, 15) is 4.79 Å². The maximum Gasteiger partial charge on any atom is 0.242 e. The molecule has 0 unspecified atom stereocenters. The topological polar surface area (TPSA) is 50.2 Å². The highest BCUT2D eigenvalue weighted by Gasteiger charge is 2.29. The van der Waals surface area contributed by atoms with Gasteiger partial charge in [0.2, 0.25) is 5.91 Å². The van der Waals surface area contributed by atoms with E-state index in [-0.39, 0.29) is 5.91 Å². The van der Waals surface area contributed by atoms with E-state index in [1.807, 2.05) is 22.7 Å². The van der Waals surface area contributed by atoms with Crippen LogP contribution in [0.25, 0.3) is 0 Å². The number of hydrogen-bond acceptors (Lipinski definition) is 3. The number of carbonyl (C=O) groups excluding carboxylic acids is 1. The Hall–Kier alpha value is -1.36. The molecular weight excluding hydrogens is 228 g/mol. The van der Waals surface area contributed by atoms with Crippen LogP contribution >= 0.6 is 0 Å². The highest BCUT2D eigenvalue weighted by molar-refractivity contribution is 5.76. The molecule has 0 aromatic carbocycles. The molecule has 18 heavy (non-hydrogen) atoms. The van der Waals surface area contributed by atoms with Crippen molar-refractivity contribution in [2.45, 2.75) is 51.9 Å². The van der Waals surface area contributed by atoms with E-state index in [1.165, 1.54) is 0 Å². The van der Waals surface area contributed by atoms with Crippen molar-refractivity contribution in [3.05, 3.63) is 18.2 Å². The molecule has 0 radical (unpaired) electrons. The van der Waals surface area contributed by atoms with Crippen molar-refractivity contribution in [3.63, 3.8) is 0 Å². The lowest BCUT2D eigenvalue weighted by Gasteiger charge is -2.17. The number of aromatic nitrogens is 2. The van der Waals surface area contributed by atoms with Gasteiger partial charge in [-0.15, -0.1) is 0 Å². The summed E-state index contributed by atoms with van der Waals surface area (Å²) in [6.07, 6.45) is 5.92. The molecule has 1 aliphatic rings. The smallest absolute Gasteiger partial charge is 0.242 e. The van der Waals surface area contributed by atoms with Crippen molar-refractivity contribution < 1.29 is 4.79 Å². The lowest BCUT2D eigenvalue weighted by molar-refractivity contribution is -0.131. The van der Waals surface area contributed by atoms with Crippen molar-refractivity contribution in [1.82, 2.24) is 19.8 Å². The molecule has 5 heteroatoms. The van der Waals surface area contributed by atoms with Gasteiger partial charge < -0.3 is 14.8 Å². The quantitative estimate of drug-likeness (QED) is 0.819. The van der Waals surface area contributed by atoms with Crippen molar-refractivity contribution in [2.75, 3.05) is 7.05 Å². The number of carbonyl (C=O) groups is 1. The summed E-state index contributed by atoms with van der Waals surface area (Å²) in [5, 5.41) is 3.32. The third kappa shape index (κ3) is 3.32. The molecule has 1 aromatic rings. The Kier molecular flexibility index (Phi) is 4.01. The molecule has 5 nitrogen and oxygen atoms in total. The fraction of sp³-hybridized carbons (Fsp3) is 0.692. The Morgan fingerprint density at radius 2 is 2.33 bits per heavy atom. The zero-order chi connectivity index (χ0) is 13.1. The largest absolute Gasteiger partial charge is 0.341 e. The van der Waals surface area contributed by atoms with Gasteiger partial charge in [-0.2, -0.15) is 0 Å². The van der Waals surface area contributed by atoms with E-state index in [2.05, 4.69) is 24.1 Å². The van der Waals surface area contributed by atoms with Gasteiger partial charge in [0.05, 0.1) is 6.54 Å². The second-order valence-corrected chi connectivity index (χ2v) is 5.24. The third-order valence-corrected chi connectivity index (χ3v) is 3.26. The SMILES string of the molecule is CC(C)NCc1nccn1CC(=O)N(C)C1CC1. The predicted molar refractivity (Wildman–Crippen MR) is 70.0 cm³/mol. The van der Waals surface area contributed by atoms with Gasteiger partial charge in [0.15, 0.2) is 0 Å². The standard InChI is InChI=1S/C13H22N4O/c1-10(2)15-8-12-14-6-7-17(12)9-13(18)16(3)11-4-5-11/h6-7,10-11,15H,4-5,8-9H2,1-3H3. The molecule has 1 heterocycles. The summed E-state index contributed by atoms with van der Waals surface area (Å²) in [5.74, 6) is 1.09. The minimum atomic E-state index is 0.168. The normalized spacial score (nSPS) is 15.1. The monoisotopic (exact) mass is 250 g/mol. The van der Waals surface area contributed by atoms with Crippen LogP contribution in [0.3, 0.4) is 0 Å². The van der Waals surface area contributed by atoms with Crippen molar-refractivity contribution in [3.8, 4) is 0 Å². The molecule has 1 fully saturated rings. The summed E-state index contributed by atoms with van der Waals surface area (Å²) >= 11 is 0. The molecule has 1 aliphatic carbocycles. The Labute approximate surface area is 108 Å². The van der Waals surface area contributed by atoms with Crippen LogP contribution in [0, 0.1) is 0 Å². The summed E-state index contributed by atoms with van der Waals surface area (Å²) in [7, 11) is 1.89. The molecule has 2 rings (SSSR count). The van der Waals surface area contributed by atoms with Gasteiger partial charge in [-0.3, -0.25) is 4.79 Å². The Balaban J connectivity index is 1.92. The molecule has 0 spiro atoms. The number of nitrogens with one attached hydrogen (secondary N) is 1. The van der Waals surface area contributed by atoms with Crippen LogP contribution < -0.4 is 5.32 Å². The van der Waals surface area contributed by atoms with Crippen LogP contribution in [0.15, 0.2) is 12.4 Å². The molecule has 0 aliphatic heterocycles. The zero-order valence-electron chi connectivity index (χ0n) is 11.4. The van der Waals surface area contributed by atoms with Crippen LogP contribution in [-0.4, -0.2) is 39.5 Å². The fourth-order valence-corrected chi connectivity index (χ4v) is 1.87. The van der Waals surface area contributed by atoms with Crippen LogP contribution in [0.5, 0.6) is 0 Å². The van der Waals surface area contributed by atoms with E-state index in [0.717, 1.165) is 18.7 Å². The molecule has 0 atom stereocenters. The number of amides is 1. The van der Waals surface area contributed by atoms with Gasteiger partial charge in [-0.05, 0) is 12.8 Å². The number of nitrogens with zero attached hydrogens (tertiary/aromatic N) is 3. The van der Waals surface area contributed by atoms with Crippen LogP contribution in [0.4, 0.5) is 0 Å². The van der Waals surface area contributed by atoms with Gasteiger partial charge >= 0.3 is 0 Å². The third-order valence-electron chi connectivity index (χ3n) is 3.26. The van der Waals surface area contributed by atoms with Gasteiger partial charge in [0, 0.05) is 31.5 Å². The average molecular weight is 250 g/mol. The lowest BCUT2D eigenvalue weighted by atomic mass is 10.4. The van der Waals surface area contributed by atoms with Crippen molar-refractivity contribution >= 4 is 5.91 Å². The van der Waals surface area contributed by atoms with E-state index >= 15 is 0 Å². The first-order valence-electron chi connectivity index (χ1n) is 6.57. The Morgan fingerprint density at radius 1 is 1.61 bits per heavy atom. The first-order valence-corrected chi connectivity index (χ1v) is 6.57. The van der Waals surface area contributed by atoms with Crippen LogP contribution in [0.1, 0.15) is 32.5 Å². The number of hydrogen-bond donors (Lipinski definition) is 1. The maximum atomic E-state index is 12.0. The predicted octanol–water partition coefficient (Wildman–Crippen LogP) is 1.00. The van der Waals surface area contributed by atoms with Gasteiger partial charge in [-0.25, -0.2) is 4.98 Å². The first-order chi connectivity index (χ1) is 8.58. The van der Waals surface area contributed by atoms with E-state index in [1.54, 1.807) is 6.20 Å². The summed E-state index contributed by atoms with van der Waals surface area (Å²) in [5.41, 5.74) is 0. The van der Waals surface area contributed by atoms with Crippen LogP contribution in [0.2, 0.25) is 0 Å². The first kappa shape index (κ1) is 13.1. The van der Waals surface area contributed by atoms with Gasteiger partial charge in [-0.1, -0.05) is 13.8 Å². The van der Waals surface area contributed by atoms with Crippen molar-refractivity contribution in [2.24, 2.45) is 0 Å². The van der Waals surface area contributed by atoms with Crippen LogP contribution in [-0.2, 0) is 17.9 Å². The van der Waals surface area contributed by atoms with Crippen molar-refractivity contribution in [1.29, 1.82) is 0 Å². The van der Waals surface area contributed by atoms with Gasteiger partial charge in [0.25, 0.3) is 0 Å².